The largest absolute Gasteiger partial charge is 0.497 e. The molecule has 1 aliphatic rings. The van der Waals surface area contributed by atoms with Crippen LogP contribution in [0.4, 0.5) is 11.6 Å². The van der Waals surface area contributed by atoms with Gasteiger partial charge in [0, 0.05) is 32.7 Å². The number of methoxy groups -OCH3 is 2. The molecule has 3 heterocycles. The Morgan fingerprint density at radius 1 is 1.16 bits per heavy atom. The number of rotatable bonds is 6. The van der Waals surface area contributed by atoms with Crippen LogP contribution in [0.15, 0.2) is 27.8 Å². The van der Waals surface area contributed by atoms with Crippen molar-refractivity contribution >= 4 is 22.8 Å². The predicted octanol–water partition coefficient (Wildman–Crippen LogP) is 2.75. The van der Waals surface area contributed by atoms with E-state index in [4.69, 9.17) is 14.5 Å². The zero-order chi connectivity index (χ0) is 23.2. The molecule has 0 saturated carbocycles. The van der Waals surface area contributed by atoms with Gasteiger partial charge in [0.2, 0.25) is 5.95 Å². The summed E-state index contributed by atoms with van der Waals surface area (Å²) in [6, 6.07) is 5.63. The first kappa shape index (κ1) is 22.0. The molecule has 0 bridgehead atoms. The molecule has 32 heavy (non-hydrogen) atoms. The van der Waals surface area contributed by atoms with Crippen molar-refractivity contribution in [3.05, 3.63) is 39.0 Å². The third-order valence-electron chi connectivity index (χ3n) is 6.05. The van der Waals surface area contributed by atoms with Gasteiger partial charge in [-0.3, -0.25) is 13.9 Å². The number of hydrogen-bond acceptors (Lipinski definition) is 6. The Balaban J connectivity index is 1.94. The number of nitrogens with zero attached hydrogens (tertiary/aromatic N) is 5. The van der Waals surface area contributed by atoms with Gasteiger partial charge in [-0.1, -0.05) is 20.8 Å². The summed E-state index contributed by atoms with van der Waals surface area (Å²) in [5.74, 6) is 2.63. The molecule has 9 nitrogen and oxygen atoms in total. The van der Waals surface area contributed by atoms with Crippen LogP contribution in [0.5, 0.6) is 11.5 Å². The molecule has 1 atom stereocenters. The fourth-order valence-electron chi connectivity index (χ4n) is 4.30. The summed E-state index contributed by atoms with van der Waals surface area (Å²) < 4.78 is 15.7. The van der Waals surface area contributed by atoms with E-state index in [9.17, 15) is 9.59 Å². The lowest BCUT2D eigenvalue weighted by Gasteiger charge is -2.33. The van der Waals surface area contributed by atoms with E-state index in [1.54, 1.807) is 21.3 Å². The summed E-state index contributed by atoms with van der Waals surface area (Å²) in [5.41, 5.74) is 1.09. The highest BCUT2D eigenvalue weighted by atomic mass is 16.5. The van der Waals surface area contributed by atoms with E-state index >= 15 is 0 Å². The molecule has 0 radical (unpaired) electrons. The first-order valence-electron chi connectivity index (χ1n) is 11.0. The van der Waals surface area contributed by atoms with Crippen LogP contribution < -0.4 is 25.6 Å². The number of ether oxygens (including phenoxy) is 2. The molecule has 0 saturated heterocycles. The SMILES string of the molecule is COc1ccc(N2C[C@@H](C)Cn3c2nc2c3c(=O)n(CCC(C)C)c(=O)n2C)c(OC)c1. The second-order valence-electron chi connectivity index (χ2n) is 8.93. The van der Waals surface area contributed by atoms with Crippen LogP contribution in [0, 0.1) is 11.8 Å². The Bertz CT molecular complexity index is 1270. The minimum atomic E-state index is -0.333. The van der Waals surface area contributed by atoms with E-state index in [2.05, 4.69) is 25.7 Å². The van der Waals surface area contributed by atoms with Gasteiger partial charge < -0.3 is 18.9 Å². The van der Waals surface area contributed by atoms with Crippen LogP contribution in [0.3, 0.4) is 0 Å². The van der Waals surface area contributed by atoms with Crippen molar-refractivity contribution in [2.24, 2.45) is 18.9 Å². The number of imidazole rings is 1. The molecule has 0 N–H and O–H groups in total. The number of aromatic nitrogens is 4. The van der Waals surface area contributed by atoms with Crippen LogP contribution in [0.25, 0.3) is 11.2 Å². The lowest BCUT2D eigenvalue weighted by atomic mass is 10.1. The molecule has 0 amide bonds. The van der Waals surface area contributed by atoms with Gasteiger partial charge in [0.1, 0.15) is 11.5 Å². The zero-order valence-electron chi connectivity index (χ0n) is 19.6. The number of anilines is 2. The highest BCUT2D eigenvalue weighted by molar-refractivity contribution is 5.78. The van der Waals surface area contributed by atoms with Crippen LogP contribution in [0.1, 0.15) is 27.2 Å². The van der Waals surface area contributed by atoms with Gasteiger partial charge in [0.25, 0.3) is 5.56 Å². The van der Waals surface area contributed by atoms with Gasteiger partial charge in [-0.25, -0.2) is 4.79 Å². The average molecular weight is 442 g/mol. The molecule has 0 spiro atoms. The number of benzene rings is 1. The van der Waals surface area contributed by atoms with Gasteiger partial charge in [0.15, 0.2) is 11.2 Å². The van der Waals surface area contributed by atoms with Crippen molar-refractivity contribution < 1.29 is 9.47 Å². The Hall–Kier alpha value is -3.23. The Kier molecular flexibility index (Phi) is 5.75. The Morgan fingerprint density at radius 2 is 1.91 bits per heavy atom. The van der Waals surface area contributed by atoms with Crippen LogP contribution >= 0.6 is 0 Å². The third-order valence-corrected chi connectivity index (χ3v) is 6.05. The summed E-state index contributed by atoms with van der Waals surface area (Å²) >= 11 is 0. The standard InChI is InChI=1S/C23H31N5O4/c1-14(2)9-10-26-21(29)19-20(25(4)23(26)30)24-22-27(12-15(3)13-28(19)22)17-8-7-16(31-5)11-18(17)32-6/h7-8,11,14-15H,9-10,12-13H2,1-6H3/t15-/m1/s1. The summed E-state index contributed by atoms with van der Waals surface area (Å²) in [4.78, 5) is 33.2. The smallest absolute Gasteiger partial charge is 0.332 e. The topological polar surface area (TPSA) is 83.5 Å². The lowest BCUT2D eigenvalue weighted by molar-refractivity contribution is 0.392. The number of fused-ring (bicyclic) bond motifs is 3. The second kappa shape index (κ2) is 8.37. The van der Waals surface area contributed by atoms with Crippen LogP contribution in [-0.4, -0.2) is 39.4 Å². The Morgan fingerprint density at radius 3 is 2.56 bits per heavy atom. The number of aryl methyl sites for hydroxylation is 1. The van der Waals surface area contributed by atoms with Crippen molar-refractivity contribution in [2.45, 2.75) is 40.3 Å². The van der Waals surface area contributed by atoms with Crippen molar-refractivity contribution in [3.63, 3.8) is 0 Å². The molecule has 2 aromatic heterocycles. The van der Waals surface area contributed by atoms with E-state index in [0.717, 1.165) is 12.1 Å². The van der Waals surface area contributed by atoms with Crippen molar-refractivity contribution in [2.75, 3.05) is 25.7 Å². The molecule has 1 aliphatic heterocycles. The van der Waals surface area contributed by atoms with Gasteiger partial charge >= 0.3 is 5.69 Å². The normalized spacial score (nSPS) is 16.0. The minimum Gasteiger partial charge on any atom is -0.497 e. The molecule has 0 aliphatic carbocycles. The van der Waals surface area contributed by atoms with Crippen molar-refractivity contribution in [3.8, 4) is 11.5 Å². The van der Waals surface area contributed by atoms with Gasteiger partial charge in [-0.2, -0.15) is 4.98 Å². The highest BCUT2D eigenvalue weighted by Crippen LogP contribution is 2.39. The van der Waals surface area contributed by atoms with Crippen LogP contribution in [0.2, 0.25) is 0 Å². The molecule has 9 heteroatoms. The lowest BCUT2D eigenvalue weighted by Crippen LogP contribution is -2.40. The van der Waals surface area contributed by atoms with Crippen LogP contribution in [-0.2, 0) is 20.1 Å². The van der Waals surface area contributed by atoms with Gasteiger partial charge in [0.05, 0.1) is 19.9 Å². The molecule has 4 rings (SSSR count). The average Bonchev–Trinajstić information content (AvgIpc) is 3.16. The second-order valence-corrected chi connectivity index (χ2v) is 8.93. The van der Waals surface area contributed by atoms with Gasteiger partial charge in [-0.05, 0) is 30.4 Å². The molecule has 0 unspecified atom stereocenters. The summed E-state index contributed by atoms with van der Waals surface area (Å²) in [7, 11) is 4.91. The fraction of sp³-hybridized carbons (Fsp3) is 0.522. The summed E-state index contributed by atoms with van der Waals surface area (Å²) in [6.45, 7) is 8.05. The molecule has 3 aromatic rings. The highest BCUT2D eigenvalue weighted by Gasteiger charge is 2.31. The van der Waals surface area contributed by atoms with Crippen molar-refractivity contribution in [1.29, 1.82) is 0 Å². The first-order chi connectivity index (χ1) is 15.3. The minimum absolute atomic E-state index is 0.257. The molecule has 1 aromatic carbocycles. The third kappa shape index (κ3) is 3.55. The van der Waals surface area contributed by atoms with E-state index in [1.165, 1.54) is 9.13 Å². The Labute approximate surface area is 186 Å². The van der Waals surface area contributed by atoms with E-state index < -0.39 is 0 Å². The zero-order valence-corrected chi connectivity index (χ0v) is 19.6. The molecule has 0 fully saturated rings. The quantitative estimate of drug-likeness (QED) is 0.585. The molecular formula is C23H31N5O4. The molecule has 172 valence electrons. The first-order valence-corrected chi connectivity index (χ1v) is 11.0. The monoisotopic (exact) mass is 441 g/mol. The predicted molar refractivity (Wildman–Crippen MR) is 124 cm³/mol. The van der Waals surface area contributed by atoms with E-state index in [-0.39, 0.29) is 17.2 Å². The van der Waals surface area contributed by atoms with Crippen molar-refractivity contribution in [1.82, 2.24) is 18.7 Å². The van der Waals surface area contributed by atoms with Gasteiger partial charge in [-0.15, -0.1) is 0 Å². The molecular weight excluding hydrogens is 410 g/mol. The maximum Gasteiger partial charge on any atom is 0.332 e. The summed E-state index contributed by atoms with van der Waals surface area (Å²) in [5, 5.41) is 0. The maximum absolute atomic E-state index is 13.4. The number of hydrogen-bond donors (Lipinski definition) is 0. The van der Waals surface area contributed by atoms with E-state index in [1.807, 2.05) is 22.8 Å². The van der Waals surface area contributed by atoms with E-state index in [0.29, 0.717) is 54.2 Å². The fourth-order valence-corrected chi connectivity index (χ4v) is 4.30. The summed E-state index contributed by atoms with van der Waals surface area (Å²) in [6.07, 6.45) is 0.757. The maximum atomic E-state index is 13.4.